The van der Waals surface area contributed by atoms with Crippen molar-refractivity contribution in [3.05, 3.63) is 56.2 Å². The molecule has 1 aliphatic rings. The van der Waals surface area contributed by atoms with Crippen LogP contribution in [0.1, 0.15) is 33.6 Å². The third kappa shape index (κ3) is 4.18. The minimum absolute atomic E-state index is 0.00667. The number of thiophene rings is 1. The van der Waals surface area contributed by atoms with Gasteiger partial charge in [0.1, 0.15) is 0 Å². The van der Waals surface area contributed by atoms with Gasteiger partial charge in [0.2, 0.25) is 0 Å². The van der Waals surface area contributed by atoms with Gasteiger partial charge in [-0.2, -0.15) is 0 Å². The van der Waals surface area contributed by atoms with Crippen LogP contribution in [0.4, 0.5) is 0 Å². The molecule has 1 fully saturated rings. The van der Waals surface area contributed by atoms with E-state index in [1.54, 1.807) is 11.3 Å². The summed E-state index contributed by atoms with van der Waals surface area (Å²) in [6.45, 7) is 3.86. The molecule has 1 aliphatic heterocycles. The van der Waals surface area contributed by atoms with Gasteiger partial charge in [-0.1, -0.05) is 12.1 Å². The number of hydrogen-bond donors (Lipinski definition) is 1. The van der Waals surface area contributed by atoms with Crippen molar-refractivity contribution in [2.75, 3.05) is 13.1 Å². The van der Waals surface area contributed by atoms with Gasteiger partial charge in [0.15, 0.2) is 0 Å². The first-order valence-electron chi connectivity index (χ1n) is 7.54. The summed E-state index contributed by atoms with van der Waals surface area (Å²) < 4.78 is 1.09. The summed E-state index contributed by atoms with van der Waals surface area (Å²) in [5.74, 6) is -0.00667. The van der Waals surface area contributed by atoms with Crippen molar-refractivity contribution in [2.45, 2.75) is 25.9 Å². The van der Waals surface area contributed by atoms with Crippen LogP contribution in [0.25, 0.3) is 0 Å². The maximum atomic E-state index is 12.3. The van der Waals surface area contributed by atoms with E-state index in [-0.39, 0.29) is 5.91 Å². The molecule has 0 bridgehead atoms. The maximum absolute atomic E-state index is 12.3. The Labute approximate surface area is 143 Å². The Kier molecular flexibility index (Phi) is 5.28. The second kappa shape index (κ2) is 7.40. The number of carbonyl (C=O) groups excluding carboxylic acids is 1. The number of rotatable bonds is 5. The van der Waals surface area contributed by atoms with Crippen molar-refractivity contribution in [3.63, 3.8) is 0 Å². The van der Waals surface area contributed by atoms with Crippen molar-refractivity contribution >= 4 is 33.2 Å². The highest BCUT2D eigenvalue weighted by Gasteiger charge is 2.13. The molecule has 0 atom stereocenters. The van der Waals surface area contributed by atoms with Gasteiger partial charge in [0.25, 0.3) is 5.91 Å². The molecule has 116 valence electrons. The van der Waals surface area contributed by atoms with Crippen LogP contribution < -0.4 is 5.32 Å². The van der Waals surface area contributed by atoms with E-state index >= 15 is 0 Å². The number of hydrogen-bond acceptors (Lipinski definition) is 3. The zero-order valence-corrected chi connectivity index (χ0v) is 14.8. The first-order valence-corrected chi connectivity index (χ1v) is 9.15. The number of nitrogens with one attached hydrogen (secondary N) is 1. The second-order valence-corrected chi connectivity index (χ2v) is 8.12. The van der Waals surface area contributed by atoms with E-state index in [2.05, 4.69) is 32.2 Å². The Morgan fingerprint density at radius 3 is 2.77 bits per heavy atom. The summed E-state index contributed by atoms with van der Waals surface area (Å²) in [5, 5.41) is 2.99. The Bertz CT molecular complexity index is 650. The van der Waals surface area contributed by atoms with Gasteiger partial charge >= 0.3 is 0 Å². The van der Waals surface area contributed by atoms with E-state index in [1.165, 1.54) is 31.5 Å². The summed E-state index contributed by atoms with van der Waals surface area (Å²) in [6.07, 6.45) is 2.58. The fourth-order valence-electron chi connectivity index (χ4n) is 2.73. The maximum Gasteiger partial charge on any atom is 0.251 e. The Balaban J connectivity index is 1.59. The van der Waals surface area contributed by atoms with E-state index in [9.17, 15) is 4.79 Å². The average molecular weight is 379 g/mol. The topological polar surface area (TPSA) is 32.3 Å². The van der Waals surface area contributed by atoms with Crippen LogP contribution in [-0.4, -0.2) is 23.9 Å². The van der Waals surface area contributed by atoms with Gasteiger partial charge < -0.3 is 5.32 Å². The Morgan fingerprint density at radius 2 is 2.05 bits per heavy atom. The van der Waals surface area contributed by atoms with E-state index in [0.717, 1.165) is 20.8 Å². The molecule has 1 aromatic heterocycles. The number of benzene rings is 1. The largest absolute Gasteiger partial charge is 0.347 e. The number of amides is 1. The number of likely N-dealkylation sites (tertiary alicyclic amines) is 1. The van der Waals surface area contributed by atoms with Crippen molar-refractivity contribution in [3.8, 4) is 0 Å². The molecule has 1 N–H and O–H groups in total. The number of carbonyl (C=O) groups is 1. The first-order chi connectivity index (χ1) is 10.7. The fourth-order valence-corrected chi connectivity index (χ4v) is 4.15. The van der Waals surface area contributed by atoms with E-state index in [1.807, 2.05) is 30.3 Å². The Hall–Kier alpha value is -1.17. The minimum Gasteiger partial charge on any atom is -0.347 e. The molecule has 2 heterocycles. The SMILES string of the molecule is O=C(NCc1ccc(Br)s1)c1cccc(CN2CCCC2)c1. The quantitative estimate of drug-likeness (QED) is 0.851. The summed E-state index contributed by atoms with van der Waals surface area (Å²) in [4.78, 5) is 15.9. The lowest BCUT2D eigenvalue weighted by Crippen LogP contribution is -2.23. The zero-order chi connectivity index (χ0) is 15.4. The molecule has 3 nitrogen and oxygen atoms in total. The van der Waals surface area contributed by atoms with Crippen molar-refractivity contribution in [1.82, 2.24) is 10.2 Å². The highest BCUT2D eigenvalue weighted by Crippen LogP contribution is 2.22. The third-order valence-corrected chi connectivity index (χ3v) is 5.47. The molecule has 1 amide bonds. The van der Waals surface area contributed by atoms with Gasteiger partial charge in [-0.05, 0) is 71.7 Å². The predicted octanol–water partition coefficient (Wildman–Crippen LogP) is 4.04. The molecule has 5 heteroatoms. The molecule has 0 spiro atoms. The molecule has 1 aromatic carbocycles. The molecule has 1 saturated heterocycles. The van der Waals surface area contributed by atoms with Crippen molar-refractivity contribution in [1.29, 1.82) is 0 Å². The van der Waals surface area contributed by atoms with Gasteiger partial charge in [-0.15, -0.1) is 11.3 Å². The summed E-state index contributed by atoms with van der Waals surface area (Å²) in [7, 11) is 0. The average Bonchev–Trinajstić information content (AvgIpc) is 3.17. The second-order valence-electron chi connectivity index (χ2n) is 5.57. The number of nitrogens with zero attached hydrogens (tertiary/aromatic N) is 1. The molecule has 0 saturated carbocycles. The van der Waals surface area contributed by atoms with Crippen LogP contribution >= 0.6 is 27.3 Å². The fraction of sp³-hybridized carbons (Fsp3) is 0.353. The molecule has 3 rings (SSSR count). The molecule has 2 aromatic rings. The van der Waals surface area contributed by atoms with Crippen molar-refractivity contribution in [2.24, 2.45) is 0 Å². The normalized spacial score (nSPS) is 15.1. The highest BCUT2D eigenvalue weighted by atomic mass is 79.9. The first kappa shape index (κ1) is 15.7. The summed E-state index contributed by atoms with van der Waals surface area (Å²) in [6, 6.07) is 12.0. The lowest BCUT2D eigenvalue weighted by molar-refractivity contribution is 0.0951. The van der Waals surface area contributed by atoms with Crippen molar-refractivity contribution < 1.29 is 4.79 Å². The molecule has 0 aliphatic carbocycles. The van der Waals surface area contributed by atoms with Crippen LogP contribution in [0.5, 0.6) is 0 Å². The smallest absolute Gasteiger partial charge is 0.251 e. The highest BCUT2D eigenvalue weighted by molar-refractivity contribution is 9.11. The van der Waals surface area contributed by atoms with Crippen LogP contribution in [0, 0.1) is 0 Å². The summed E-state index contributed by atoms with van der Waals surface area (Å²) in [5.41, 5.74) is 1.96. The molecular weight excluding hydrogens is 360 g/mol. The zero-order valence-electron chi connectivity index (χ0n) is 12.3. The van der Waals surface area contributed by atoms with Gasteiger partial charge in [0, 0.05) is 17.0 Å². The monoisotopic (exact) mass is 378 g/mol. The van der Waals surface area contributed by atoms with Crippen LogP contribution in [0.3, 0.4) is 0 Å². The third-order valence-electron chi connectivity index (χ3n) is 3.85. The van der Waals surface area contributed by atoms with Gasteiger partial charge in [0.05, 0.1) is 10.3 Å². The molecular formula is C17H19BrN2OS. The minimum atomic E-state index is -0.00667. The van der Waals surface area contributed by atoms with E-state index in [4.69, 9.17) is 0 Å². The Morgan fingerprint density at radius 1 is 1.23 bits per heavy atom. The van der Waals surface area contributed by atoms with Crippen LogP contribution in [0.15, 0.2) is 40.2 Å². The van der Waals surface area contributed by atoms with E-state index in [0.29, 0.717) is 6.54 Å². The van der Waals surface area contributed by atoms with E-state index < -0.39 is 0 Å². The molecule has 0 unspecified atom stereocenters. The lowest BCUT2D eigenvalue weighted by atomic mass is 10.1. The molecule has 22 heavy (non-hydrogen) atoms. The van der Waals surface area contributed by atoms with Crippen LogP contribution in [-0.2, 0) is 13.1 Å². The van der Waals surface area contributed by atoms with Crippen LogP contribution in [0.2, 0.25) is 0 Å². The van der Waals surface area contributed by atoms with Gasteiger partial charge in [-0.3, -0.25) is 9.69 Å². The number of halogens is 1. The lowest BCUT2D eigenvalue weighted by Gasteiger charge is -2.15. The predicted molar refractivity (Wildman–Crippen MR) is 94.1 cm³/mol. The molecule has 0 radical (unpaired) electrons. The standard InChI is InChI=1S/C17H19BrN2OS/c18-16-7-6-15(22-16)11-19-17(21)14-5-3-4-13(10-14)12-20-8-1-2-9-20/h3-7,10H,1-2,8-9,11-12H2,(H,19,21). The summed E-state index contributed by atoms with van der Waals surface area (Å²) >= 11 is 5.08. The van der Waals surface area contributed by atoms with Gasteiger partial charge in [-0.25, -0.2) is 0 Å².